The van der Waals surface area contributed by atoms with Crippen molar-refractivity contribution in [1.29, 1.82) is 5.26 Å². The van der Waals surface area contributed by atoms with E-state index in [4.69, 9.17) is 21.7 Å². The number of halogens is 5. The van der Waals surface area contributed by atoms with Gasteiger partial charge in [-0.25, -0.2) is 19.0 Å². The first kappa shape index (κ1) is 25.3. The van der Waals surface area contributed by atoms with E-state index >= 15 is 8.78 Å². The van der Waals surface area contributed by atoms with Crippen LogP contribution in [0.5, 0.6) is 11.5 Å². The lowest BCUT2D eigenvalue weighted by atomic mass is 9.84. The molecule has 0 spiro atoms. The van der Waals surface area contributed by atoms with E-state index in [2.05, 4.69) is 10.1 Å². The number of hydrogen-bond acceptors (Lipinski definition) is 7. The predicted molar refractivity (Wildman–Crippen MR) is 113 cm³/mol. The van der Waals surface area contributed by atoms with Crippen molar-refractivity contribution in [1.82, 2.24) is 9.99 Å². The number of pyridine rings is 1. The number of aliphatic hydroxyl groups is 1. The molecule has 13 heteroatoms. The zero-order valence-electron chi connectivity index (χ0n) is 17.7. The molecule has 0 radical (unpaired) electrons. The molecule has 1 heterocycles. The number of nitrogens with zero attached hydrogens (tertiary/aromatic N) is 4. The van der Waals surface area contributed by atoms with Gasteiger partial charge in [0.05, 0.1) is 24.4 Å². The second kappa shape index (κ2) is 9.92. The quantitative estimate of drug-likeness (QED) is 0.145. The molecule has 5 N–H and O–H groups in total. The summed E-state index contributed by atoms with van der Waals surface area (Å²) in [7, 11) is 0. The summed E-state index contributed by atoms with van der Waals surface area (Å²) in [5, 5.41) is 23.4. The van der Waals surface area contributed by atoms with E-state index in [-0.39, 0.29) is 17.1 Å². The van der Waals surface area contributed by atoms with Crippen molar-refractivity contribution in [3.8, 4) is 17.6 Å². The molecule has 0 amide bonds. The van der Waals surface area contributed by atoms with Crippen molar-refractivity contribution in [3.05, 3.63) is 89.0 Å². The second-order valence-corrected chi connectivity index (χ2v) is 7.23. The van der Waals surface area contributed by atoms with Crippen LogP contribution < -0.4 is 16.4 Å². The molecule has 182 valence electrons. The standard InChI is InChI=1S/C22H17F5N6O2/c23-14-2-4-16(17(24)8-14)21(34,11-33(30)12-32-29)22(26,27)20-6-3-15(10-31-20)35-19-5-1-13(9-28)7-18(19)25/h1-8,10,12,34H,11,29-30H2/b32-12-. The number of ether oxygens (including phenoxy) is 1. The third-order valence-corrected chi connectivity index (χ3v) is 4.87. The number of nitriles is 1. The Bertz CT molecular complexity index is 1280. The Morgan fingerprint density at radius 2 is 1.86 bits per heavy atom. The molecule has 0 saturated carbocycles. The molecule has 0 aliphatic rings. The number of alkyl halides is 2. The molecule has 1 atom stereocenters. The molecular weight excluding hydrogens is 475 g/mol. The van der Waals surface area contributed by atoms with Gasteiger partial charge < -0.3 is 15.7 Å². The van der Waals surface area contributed by atoms with Crippen LogP contribution >= 0.6 is 0 Å². The van der Waals surface area contributed by atoms with E-state index in [9.17, 15) is 18.3 Å². The van der Waals surface area contributed by atoms with Gasteiger partial charge in [-0.2, -0.15) is 19.1 Å². The first-order valence-electron chi connectivity index (χ1n) is 9.66. The molecule has 1 aromatic heterocycles. The average molecular weight is 492 g/mol. The van der Waals surface area contributed by atoms with Crippen molar-refractivity contribution in [2.24, 2.45) is 16.8 Å². The van der Waals surface area contributed by atoms with Crippen LogP contribution in [0, 0.1) is 28.8 Å². The molecule has 0 aliphatic carbocycles. The van der Waals surface area contributed by atoms with Gasteiger partial charge in [0.25, 0.3) is 0 Å². The second-order valence-electron chi connectivity index (χ2n) is 7.23. The fraction of sp³-hybridized carbons (Fsp3) is 0.136. The van der Waals surface area contributed by atoms with Gasteiger partial charge in [-0.3, -0.25) is 9.99 Å². The van der Waals surface area contributed by atoms with E-state index in [0.717, 1.165) is 24.4 Å². The maximum absolute atomic E-state index is 15.6. The normalized spacial score (nSPS) is 13.3. The molecular formula is C22H17F5N6O2. The van der Waals surface area contributed by atoms with Crippen molar-refractivity contribution >= 4 is 6.34 Å². The highest BCUT2D eigenvalue weighted by molar-refractivity contribution is 5.53. The van der Waals surface area contributed by atoms with Crippen LogP contribution in [-0.2, 0) is 11.5 Å². The Morgan fingerprint density at radius 1 is 1.11 bits per heavy atom. The van der Waals surface area contributed by atoms with Crippen LogP contribution in [0.15, 0.2) is 59.8 Å². The topological polar surface area (TPSA) is 134 Å². The van der Waals surface area contributed by atoms with Crippen LogP contribution in [-0.4, -0.2) is 28.0 Å². The zero-order chi connectivity index (χ0) is 25.8. The lowest BCUT2D eigenvalue weighted by Crippen LogP contribution is -2.53. The molecule has 1 unspecified atom stereocenters. The summed E-state index contributed by atoms with van der Waals surface area (Å²) in [6.07, 6.45) is 1.53. The third kappa shape index (κ3) is 5.13. The van der Waals surface area contributed by atoms with Crippen LogP contribution in [0.2, 0.25) is 0 Å². The highest BCUT2D eigenvalue weighted by Gasteiger charge is 2.58. The molecule has 8 nitrogen and oxygen atoms in total. The third-order valence-electron chi connectivity index (χ3n) is 4.87. The number of aromatic nitrogens is 1. The summed E-state index contributed by atoms with van der Waals surface area (Å²) in [5.74, 6) is 2.34. The largest absolute Gasteiger partial charge is 0.453 e. The maximum atomic E-state index is 15.6. The molecule has 3 aromatic rings. The molecule has 0 aliphatic heterocycles. The zero-order valence-corrected chi connectivity index (χ0v) is 17.7. The fourth-order valence-corrected chi connectivity index (χ4v) is 3.19. The van der Waals surface area contributed by atoms with Crippen LogP contribution in [0.3, 0.4) is 0 Å². The number of hydrogen-bond donors (Lipinski definition) is 3. The molecule has 3 rings (SSSR count). The van der Waals surface area contributed by atoms with Gasteiger partial charge >= 0.3 is 5.92 Å². The number of rotatable bonds is 8. The lowest BCUT2D eigenvalue weighted by molar-refractivity contribution is -0.203. The summed E-state index contributed by atoms with van der Waals surface area (Å²) in [5.41, 5.74) is -5.32. The number of hydrazine groups is 1. The minimum absolute atomic E-state index is 0.0453. The minimum atomic E-state index is -4.30. The first-order chi connectivity index (χ1) is 16.5. The molecule has 2 aromatic carbocycles. The van der Waals surface area contributed by atoms with Gasteiger partial charge in [0.1, 0.15) is 29.4 Å². The van der Waals surface area contributed by atoms with Gasteiger partial charge in [0.2, 0.25) is 0 Å². The summed E-state index contributed by atoms with van der Waals surface area (Å²) < 4.78 is 78.4. The predicted octanol–water partition coefficient (Wildman–Crippen LogP) is 3.22. The van der Waals surface area contributed by atoms with E-state index in [1.807, 2.05) is 0 Å². The smallest absolute Gasteiger partial charge is 0.323 e. The summed E-state index contributed by atoms with van der Waals surface area (Å²) in [6.45, 7) is -1.13. The molecule has 35 heavy (non-hydrogen) atoms. The average Bonchev–Trinajstić information content (AvgIpc) is 2.80. The SMILES string of the molecule is N#Cc1ccc(Oc2ccc(C(F)(F)C(O)(CN(N)/C=N\N)c3ccc(F)cc3F)nc2)c(F)c1. The van der Waals surface area contributed by atoms with Gasteiger partial charge in [0.15, 0.2) is 17.2 Å². The number of nitrogens with two attached hydrogens (primary N) is 2. The molecule has 0 saturated heterocycles. The number of hydrazone groups is 1. The molecule has 0 bridgehead atoms. The Hall–Kier alpha value is -4.28. The summed E-state index contributed by atoms with van der Waals surface area (Å²) in [6, 6.07) is 8.56. The van der Waals surface area contributed by atoms with Gasteiger partial charge in [-0.05, 0) is 42.5 Å². The van der Waals surface area contributed by atoms with Crippen molar-refractivity contribution in [2.45, 2.75) is 11.5 Å². The highest BCUT2D eigenvalue weighted by atomic mass is 19.3. The summed E-state index contributed by atoms with van der Waals surface area (Å²) >= 11 is 0. The van der Waals surface area contributed by atoms with E-state index in [1.165, 1.54) is 12.1 Å². The Kier molecular flexibility index (Phi) is 7.18. The Morgan fingerprint density at radius 3 is 2.43 bits per heavy atom. The summed E-state index contributed by atoms with van der Waals surface area (Å²) in [4.78, 5) is 3.58. The highest BCUT2D eigenvalue weighted by Crippen LogP contribution is 2.46. The van der Waals surface area contributed by atoms with Crippen LogP contribution in [0.4, 0.5) is 22.0 Å². The van der Waals surface area contributed by atoms with E-state index < -0.39 is 46.8 Å². The van der Waals surface area contributed by atoms with E-state index in [0.29, 0.717) is 29.5 Å². The number of benzene rings is 2. The van der Waals surface area contributed by atoms with Gasteiger partial charge in [0, 0.05) is 11.6 Å². The Balaban J connectivity index is 1.99. The maximum Gasteiger partial charge on any atom is 0.323 e. The van der Waals surface area contributed by atoms with Gasteiger partial charge in [-0.15, -0.1) is 0 Å². The van der Waals surface area contributed by atoms with Crippen LogP contribution in [0.25, 0.3) is 0 Å². The monoisotopic (exact) mass is 492 g/mol. The molecule has 0 fully saturated rings. The van der Waals surface area contributed by atoms with Crippen molar-refractivity contribution in [2.75, 3.05) is 6.54 Å². The van der Waals surface area contributed by atoms with Crippen molar-refractivity contribution in [3.63, 3.8) is 0 Å². The fourth-order valence-electron chi connectivity index (χ4n) is 3.19. The van der Waals surface area contributed by atoms with Crippen LogP contribution in [0.1, 0.15) is 16.8 Å². The minimum Gasteiger partial charge on any atom is -0.453 e. The lowest BCUT2D eigenvalue weighted by Gasteiger charge is -2.37. The Labute approximate surface area is 195 Å². The first-order valence-corrected chi connectivity index (χ1v) is 9.66. The van der Waals surface area contributed by atoms with E-state index in [1.54, 1.807) is 6.07 Å². The van der Waals surface area contributed by atoms with Crippen molar-refractivity contribution < 1.29 is 31.8 Å². The van der Waals surface area contributed by atoms with Gasteiger partial charge in [-0.1, -0.05) is 0 Å².